The van der Waals surface area contributed by atoms with Crippen LogP contribution in [0.2, 0.25) is 0 Å². The molecule has 0 amide bonds. The van der Waals surface area contributed by atoms with Crippen molar-refractivity contribution in [3.63, 3.8) is 0 Å². The van der Waals surface area contributed by atoms with Crippen molar-refractivity contribution >= 4 is 11.6 Å². The first-order chi connectivity index (χ1) is 25.0. The lowest BCUT2D eigenvalue weighted by molar-refractivity contribution is -0.140. The molecule has 4 saturated heterocycles. The number of epoxide rings is 2. The van der Waals surface area contributed by atoms with Crippen molar-refractivity contribution in [1.82, 2.24) is 9.80 Å². The molecule has 0 aromatic carbocycles. The number of fused-ring (bicyclic) bond motifs is 12. The van der Waals surface area contributed by atoms with E-state index in [2.05, 4.69) is 37.5 Å². The molecule has 0 aromatic rings. The average molecular weight is 715 g/mol. The van der Waals surface area contributed by atoms with E-state index in [1.165, 1.54) is 103 Å². The zero-order chi connectivity index (χ0) is 35.4. The molecule has 6 nitrogen and oxygen atoms in total. The first-order valence-corrected chi connectivity index (χ1v) is 22.9. The van der Waals surface area contributed by atoms with Gasteiger partial charge in [0.2, 0.25) is 0 Å². The normalized spacial score (nSPS) is 58.7. The summed E-state index contributed by atoms with van der Waals surface area (Å²) in [6, 6.07) is 0.499. The van der Waals surface area contributed by atoms with Gasteiger partial charge in [-0.25, -0.2) is 0 Å². The summed E-state index contributed by atoms with van der Waals surface area (Å²) < 4.78 is 11.9. The Morgan fingerprint density at radius 1 is 0.500 bits per heavy atom. The van der Waals surface area contributed by atoms with Gasteiger partial charge in [0.25, 0.3) is 0 Å². The summed E-state index contributed by atoms with van der Waals surface area (Å²) in [6.45, 7) is 14.5. The predicted molar refractivity (Wildman–Crippen MR) is 202 cm³/mol. The van der Waals surface area contributed by atoms with E-state index in [0.29, 0.717) is 58.6 Å². The van der Waals surface area contributed by atoms with E-state index in [1.54, 1.807) is 0 Å². The summed E-state index contributed by atoms with van der Waals surface area (Å²) in [4.78, 5) is 32.0. The van der Waals surface area contributed by atoms with Gasteiger partial charge < -0.3 is 9.47 Å². The molecule has 0 spiro atoms. The van der Waals surface area contributed by atoms with Crippen molar-refractivity contribution in [2.24, 2.45) is 69.0 Å². The third-order valence-corrected chi connectivity index (χ3v) is 20.4. The highest BCUT2D eigenvalue weighted by Gasteiger charge is 2.67. The second-order valence-electron chi connectivity index (χ2n) is 22.2. The highest BCUT2D eigenvalue weighted by molar-refractivity contribution is 5.93. The van der Waals surface area contributed by atoms with Crippen LogP contribution in [0.1, 0.15) is 143 Å². The fourth-order valence-electron chi connectivity index (χ4n) is 17.4. The van der Waals surface area contributed by atoms with Gasteiger partial charge in [-0.3, -0.25) is 19.4 Å². The summed E-state index contributed by atoms with van der Waals surface area (Å²) in [5.74, 6) is 7.55. The fraction of sp³-hybridized carbons (Fsp3) is 0.957. The van der Waals surface area contributed by atoms with Gasteiger partial charge in [0, 0.05) is 10.8 Å². The Hall–Kier alpha value is -0.820. The molecule has 6 heteroatoms. The van der Waals surface area contributed by atoms with Crippen molar-refractivity contribution in [3.8, 4) is 0 Å². The molecule has 0 N–H and O–H groups in total. The number of carbonyl (C=O) groups is 2. The summed E-state index contributed by atoms with van der Waals surface area (Å²) >= 11 is 0. The Balaban J connectivity index is 0.000000123. The Morgan fingerprint density at radius 2 is 0.904 bits per heavy atom. The molecule has 12 aliphatic rings. The summed E-state index contributed by atoms with van der Waals surface area (Å²) in [5.41, 5.74) is 0.920. The highest BCUT2D eigenvalue weighted by Crippen LogP contribution is 2.69. The number of ketones is 2. The minimum atomic E-state index is -0.0229. The van der Waals surface area contributed by atoms with E-state index in [4.69, 9.17) is 9.47 Å². The first-order valence-electron chi connectivity index (χ1n) is 22.9. The lowest BCUT2D eigenvalue weighted by Crippen LogP contribution is -2.53. The van der Waals surface area contributed by atoms with Crippen LogP contribution in [0.25, 0.3) is 0 Å². The molecule has 0 radical (unpaired) electrons. The van der Waals surface area contributed by atoms with Crippen molar-refractivity contribution in [2.45, 2.75) is 180 Å². The summed E-state index contributed by atoms with van der Waals surface area (Å²) in [6.07, 6.45) is 25.5. The SMILES string of the molecule is C[C@]12C[C@H]3O[C@H]3CC1CCC1C2CC[C@]2(C)C(=O)[C@@H](N3CCCC3)CC12.C[C@]12C[C@H]3O[C@H]3CC1CCC1C2CC[C@]2(C)C(=O)[C@H](N3CCCC3)CC12. The van der Waals surface area contributed by atoms with Gasteiger partial charge >= 0.3 is 0 Å². The third kappa shape index (κ3) is 4.87. The molecule has 4 heterocycles. The minimum Gasteiger partial charge on any atom is -0.370 e. The molecule has 8 saturated carbocycles. The van der Waals surface area contributed by atoms with E-state index < -0.39 is 0 Å². The first kappa shape index (κ1) is 34.4. The van der Waals surface area contributed by atoms with Crippen molar-refractivity contribution in [3.05, 3.63) is 0 Å². The van der Waals surface area contributed by atoms with Crippen LogP contribution in [0.4, 0.5) is 0 Å². The van der Waals surface area contributed by atoms with Gasteiger partial charge in [0.1, 0.15) is 0 Å². The molecule has 8 aliphatic carbocycles. The third-order valence-electron chi connectivity index (χ3n) is 20.4. The molecular formula is C46H70N2O4. The standard InChI is InChI=1S/2C23H35NO2/c2*1-22-8-7-16-15(6-5-14-11-19-20(26-19)13-23(14,16)2)17(22)12-18(21(22)25)24-9-3-4-10-24/h2*14-20H,3-13H2,1-2H3/t14?,15?,16?,17?,18-,19+,20-,22+,23+;14?,15?,16?,17?,18-,19-,20+,22-,23-/m10/s1. The van der Waals surface area contributed by atoms with Gasteiger partial charge in [0.05, 0.1) is 36.5 Å². The van der Waals surface area contributed by atoms with Crippen LogP contribution in [0.3, 0.4) is 0 Å². The quantitative estimate of drug-likeness (QED) is 0.270. The minimum absolute atomic E-state index is 0.0229. The summed E-state index contributed by atoms with van der Waals surface area (Å²) in [5, 5.41) is 0. The fourth-order valence-corrected chi connectivity index (χ4v) is 17.4. The van der Waals surface area contributed by atoms with Gasteiger partial charge in [-0.2, -0.15) is 0 Å². The van der Waals surface area contributed by atoms with Crippen molar-refractivity contribution in [2.75, 3.05) is 26.2 Å². The monoisotopic (exact) mass is 715 g/mol. The van der Waals surface area contributed by atoms with E-state index in [0.717, 1.165) is 74.5 Å². The molecular weight excluding hydrogens is 645 g/mol. The molecule has 52 heavy (non-hydrogen) atoms. The maximum absolute atomic E-state index is 13.5. The molecule has 288 valence electrons. The van der Waals surface area contributed by atoms with E-state index in [-0.39, 0.29) is 22.9 Å². The van der Waals surface area contributed by atoms with Gasteiger partial charge in [-0.1, -0.05) is 27.7 Å². The maximum atomic E-state index is 13.5. The smallest absolute Gasteiger partial charge is 0.156 e. The second-order valence-corrected chi connectivity index (χ2v) is 22.2. The zero-order valence-corrected chi connectivity index (χ0v) is 33.2. The number of hydrogen-bond donors (Lipinski definition) is 0. The summed E-state index contributed by atoms with van der Waals surface area (Å²) in [7, 11) is 0. The van der Waals surface area contributed by atoms with Gasteiger partial charge in [0.15, 0.2) is 11.6 Å². The number of nitrogens with zero attached hydrogens (tertiary/aromatic N) is 2. The lowest BCUT2D eigenvalue weighted by atomic mass is 9.45. The van der Waals surface area contributed by atoms with Crippen LogP contribution >= 0.6 is 0 Å². The Bertz CT molecular complexity index is 1360. The van der Waals surface area contributed by atoms with Crippen LogP contribution in [0.15, 0.2) is 0 Å². The van der Waals surface area contributed by atoms with E-state index in [1.807, 2.05) is 0 Å². The highest BCUT2D eigenvalue weighted by atomic mass is 16.6. The predicted octanol–water partition coefficient (Wildman–Crippen LogP) is 8.10. The number of ether oxygens (including phenoxy) is 2. The molecule has 8 unspecified atom stereocenters. The number of carbonyl (C=O) groups excluding carboxylic acids is 2. The molecule has 12 rings (SSSR count). The van der Waals surface area contributed by atoms with Crippen LogP contribution in [0, 0.1) is 69.0 Å². The molecule has 0 bridgehead atoms. The van der Waals surface area contributed by atoms with Crippen molar-refractivity contribution < 1.29 is 19.1 Å². The van der Waals surface area contributed by atoms with E-state index >= 15 is 0 Å². The van der Waals surface area contributed by atoms with Crippen LogP contribution in [-0.2, 0) is 19.1 Å². The Kier molecular flexibility index (Phi) is 7.85. The van der Waals surface area contributed by atoms with Crippen LogP contribution < -0.4 is 0 Å². The lowest BCUT2D eigenvalue weighted by Gasteiger charge is -2.58. The topological polar surface area (TPSA) is 65.7 Å². The number of likely N-dealkylation sites (tertiary alicyclic amines) is 2. The second kappa shape index (κ2) is 11.9. The molecule has 12 fully saturated rings. The van der Waals surface area contributed by atoms with E-state index in [9.17, 15) is 9.59 Å². The van der Waals surface area contributed by atoms with Gasteiger partial charge in [-0.05, 0) is 200 Å². The number of hydrogen-bond acceptors (Lipinski definition) is 6. The largest absolute Gasteiger partial charge is 0.370 e. The van der Waals surface area contributed by atoms with Gasteiger partial charge in [-0.15, -0.1) is 0 Å². The number of rotatable bonds is 2. The molecule has 0 aromatic heterocycles. The maximum Gasteiger partial charge on any atom is 0.156 e. The average Bonchev–Trinajstić information content (AvgIpc) is 3.71. The Labute approximate surface area is 314 Å². The van der Waals surface area contributed by atoms with Crippen molar-refractivity contribution in [1.29, 1.82) is 0 Å². The van der Waals surface area contributed by atoms with Crippen LogP contribution in [0.5, 0.6) is 0 Å². The zero-order valence-electron chi connectivity index (χ0n) is 33.2. The molecule has 18 atom stereocenters. The Morgan fingerprint density at radius 3 is 1.31 bits per heavy atom. The van der Waals surface area contributed by atoms with Crippen LogP contribution in [-0.4, -0.2) is 84.0 Å². The molecule has 4 aliphatic heterocycles. The number of Topliss-reactive ketones (excluding diaryl/α,β-unsaturated/α-hetero) is 2.